The van der Waals surface area contributed by atoms with Gasteiger partial charge in [0.25, 0.3) is 0 Å². The zero-order valence-corrected chi connectivity index (χ0v) is 11.3. The minimum absolute atomic E-state index is 0.00994. The first kappa shape index (κ1) is 15.6. The molecule has 0 aromatic heterocycles. The van der Waals surface area contributed by atoms with Gasteiger partial charge in [0.15, 0.2) is 0 Å². The molecule has 5 N–H and O–H groups in total. The molecule has 3 nitrogen and oxygen atoms in total. The van der Waals surface area contributed by atoms with E-state index in [1.807, 2.05) is 6.92 Å². The SMILES string of the molecule is C=C(C#CC1=C(C)C=C(N)NC1)/C(F)=C\C=C(\N)CF. The molecule has 0 aliphatic carbocycles. The molecular weight excluding hydrogens is 260 g/mol. The fourth-order valence-electron chi connectivity index (χ4n) is 1.38. The lowest BCUT2D eigenvalue weighted by molar-refractivity contribution is 0.540. The largest absolute Gasteiger partial charge is 0.400 e. The van der Waals surface area contributed by atoms with Crippen molar-refractivity contribution in [2.45, 2.75) is 6.92 Å². The van der Waals surface area contributed by atoms with Crippen LogP contribution in [0.25, 0.3) is 0 Å². The van der Waals surface area contributed by atoms with Gasteiger partial charge < -0.3 is 16.8 Å². The summed E-state index contributed by atoms with van der Waals surface area (Å²) in [6.07, 6.45) is 3.95. The van der Waals surface area contributed by atoms with Gasteiger partial charge in [-0.2, -0.15) is 0 Å². The second kappa shape index (κ2) is 7.19. The van der Waals surface area contributed by atoms with Crippen LogP contribution < -0.4 is 16.8 Å². The van der Waals surface area contributed by atoms with Gasteiger partial charge in [-0.05, 0) is 30.7 Å². The summed E-state index contributed by atoms with van der Waals surface area (Å²) in [6.45, 7) is 5.06. The quantitative estimate of drug-likeness (QED) is 0.545. The van der Waals surface area contributed by atoms with Gasteiger partial charge in [0.05, 0.1) is 11.4 Å². The highest BCUT2D eigenvalue weighted by molar-refractivity contribution is 5.49. The van der Waals surface area contributed by atoms with E-state index in [0.717, 1.165) is 23.3 Å². The summed E-state index contributed by atoms with van der Waals surface area (Å²) in [5, 5.41) is 2.94. The summed E-state index contributed by atoms with van der Waals surface area (Å²) in [5.41, 5.74) is 12.5. The van der Waals surface area contributed by atoms with Gasteiger partial charge in [-0.1, -0.05) is 18.4 Å². The number of allylic oxidation sites excluding steroid dienone is 7. The maximum absolute atomic E-state index is 13.6. The van der Waals surface area contributed by atoms with Crippen LogP contribution in [0.4, 0.5) is 8.78 Å². The molecule has 0 aromatic rings. The smallest absolute Gasteiger partial charge is 0.138 e. The first-order chi connectivity index (χ1) is 9.43. The zero-order valence-electron chi connectivity index (χ0n) is 11.3. The third kappa shape index (κ3) is 4.65. The molecule has 1 aliphatic heterocycles. The molecule has 0 spiro atoms. The summed E-state index contributed by atoms with van der Waals surface area (Å²) >= 11 is 0. The van der Waals surface area contributed by atoms with E-state index in [9.17, 15) is 8.78 Å². The molecule has 5 heteroatoms. The number of alkyl halides is 1. The summed E-state index contributed by atoms with van der Waals surface area (Å²) < 4.78 is 25.7. The molecule has 1 rings (SSSR count). The Morgan fingerprint density at radius 1 is 1.55 bits per heavy atom. The minimum atomic E-state index is -0.826. The predicted octanol–water partition coefficient (Wildman–Crippen LogP) is 1.93. The van der Waals surface area contributed by atoms with Crippen LogP contribution in [0.15, 0.2) is 58.9 Å². The van der Waals surface area contributed by atoms with Gasteiger partial charge in [0.2, 0.25) is 0 Å². The van der Waals surface area contributed by atoms with Gasteiger partial charge in [-0.3, -0.25) is 0 Å². The zero-order chi connectivity index (χ0) is 15.1. The van der Waals surface area contributed by atoms with Crippen LogP contribution in [0.3, 0.4) is 0 Å². The summed E-state index contributed by atoms with van der Waals surface area (Å²) in [7, 11) is 0. The van der Waals surface area contributed by atoms with Crippen molar-refractivity contribution in [3.8, 4) is 11.8 Å². The van der Waals surface area contributed by atoms with Crippen molar-refractivity contribution < 1.29 is 8.78 Å². The Bertz CT molecular complexity index is 584. The average Bonchev–Trinajstić information content (AvgIpc) is 2.42. The second-order valence-corrected chi connectivity index (χ2v) is 4.23. The van der Waals surface area contributed by atoms with Gasteiger partial charge >= 0.3 is 0 Å². The second-order valence-electron chi connectivity index (χ2n) is 4.23. The number of nitrogens with two attached hydrogens (primary N) is 2. The third-order valence-corrected chi connectivity index (χ3v) is 2.57. The molecule has 0 fully saturated rings. The van der Waals surface area contributed by atoms with Gasteiger partial charge in [-0.15, -0.1) is 0 Å². The molecule has 0 amide bonds. The molecule has 0 unspecified atom stereocenters. The minimum Gasteiger partial charge on any atom is -0.400 e. The number of rotatable bonds is 3. The van der Waals surface area contributed by atoms with Gasteiger partial charge in [0, 0.05) is 17.8 Å². The van der Waals surface area contributed by atoms with Crippen molar-refractivity contribution >= 4 is 0 Å². The molecule has 1 heterocycles. The Morgan fingerprint density at radius 3 is 2.85 bits per heavy atom. The van der Waals surface area contributed by atoms with E-state index in [1.54, 1.807) is 6.08 Å². The molecule has 0 radical (unpaired) electrons. The Balaban J connectivity index is 2.83. The number of nitrogens with one attached hydrogen (secondary N) is 1. The number of halogens is 2. The van der Waals surface area contributed by atoms with Crippen molar-refractivity contribution in [2.75, 3.05) is 13.2 Å². The summed E-state index contributed by atoms with van der Waals surface area (Å²) in [6, 6.07) is 0. The molecule has 0 bridgehead atoms. The van der Waals surface area contributed by atoms with Crippen molar-refractivity contribution in [1.29, 1.82) is 0 Å². The standard InChI is InChI=1S/C15H17F2N3/c1-10(14(17)6-5-13(18)8-16)3-4-12-9-20-15(19)7-11(12)2/h5-7,20H,1,8-9,18-19H2,2H3/b13-5+,14-6+. The highest BCUT2D eigenvalue weighted by atomic mass is 19.1. The van der Waals surface area contributed by atoms with Crippen molar-refractivity contribution in [1.82, 2.24) is 5.32 Å². The van der Waals surface area contributed by atoms with E-state index in [4.69, 9.17) is 11.5 Å². The number of hydrogen-bond donors (Lipinski definition) is 3. The first-order valence-electron chi connectivity index (χ1n) is 5.94. The molecular formula is C15H17F2N3. The van der Waals surface area contributed by atoms with Crippen LogP contribution in [-0.2, 0) is 0 Å². The van der Waals surface area contributed by atoms with E-state index in [1.165, 1.54) is 0 Å². The maximum atomic E-state index is 13.6. The van der Waals surface area contributed by atoms with E-state index in [0.29, 0.717) is 12.4 Å². The molecule has 0 aromatic carbocycles. The number of hydrogen-bond acceptors (Lipinski definition) is 3. The highest BCUT2D eigenvalue weighted by Gasteiger charge is 2.05. The molecule has 0 atom stereocenters. The average molecular weight is 277 g/mol. The Hall–Kier alpha value is -2.48. The predicted molar refractivity (Wildman–Crippen MR) is 77.3 cm³/mol. The lowest BCUT2D eigenvalue weighted by Crippen LogP contribution is -2.25. The van der Waals surface area contributed by atoms with Crippen LogP contribution in [-0.4, -0.2) is 13.2 Å². The summed E-state index contributed by atoms with van der Waals surface area (Å²) in [4.78, 5) is 0. The molecule has 106 valence electrons. The molecule has 20 heavy (non-hydrogen) atoms. The van der Waals surface area contributed by atoms with Crippen LogP contribution in [0.5, 0.6) is 0 Å². The summed E-state index contributed by atoms with van der Waals surface area (Å²) in [5.74, 6) is 5.38. The van der Waals surface area contributed by atoms with Gasteiger partial charge in [0.1, 0.15) is 12.5 Å². The normalized spacial score (nSPS) is 16.1. The molecule has 1 aliphatic rings. The maximum Gasteiger partial charge on any atom is 0.138 e. The molecule has 0 saturated heterocycles. The van der Waals surface area contributed by atoms with E-state index in [-0.39, 0.29) is 11.3 Å². The van der Waals surface area contributed by atoms with Crippen LogP contribution >= 0.6 is 0 Å². The van der Waals surface area contributed by atoms with Crippen molar-refractivity contribution in [3.63, 3.8) is 0 Å². The highest BCUT2D eigenvalue weighted by Crippen LogP contribution is 2.12. The van der Waals surface area contributed by atoms with Crippen molar-refractivity contribution in [3.05, 3.63) is 58.9 Å². The van der Waals surface area contributed by atoms with E-state index in [2.05, 4.69) is 23.7 Å². The van der Waals surface area contributed by atoms with Gasteiger partial charge in [-0.25, -0.2) is 8.78 Å². The van der Waals surface area contributed by atoms with Crippen LogP contribution in [0, 0.1) is 11.8 Å². The topological polar surface area (TPSA) is 64.1 Å². The Labute approximate surface area is 117 Å². The Morgan fingerprint density at radius 2 is 2.25 bits per heavy atom. The fourth-order valence-corrected chi connectivity index (χ4v) is 1.38. The van der Waals surface area contributed by atoms with Crippen molar-refractivity contribution in [2.24, 2.45) is 11.5 Å². The lowest BCUT2D eigenvalue weighted by Gasteiger charge is -2.13. The lowest BCUT2D eigenvalue weighted by atomic mass is 10.1. The van der Waals surface area contributed by atoms with Crippen LogP contribution in [0.1, 0.15) is 6.92 Å². The van der Waals surface area contributed by atoms with Crippen LogP contribution in [0.2, 0.25) is 0 Å². The third-order valence-electron chi connectivity index (χ3n) is 2.57. The Kier molecular flexibility index (Phi) is 5.60. The van der Waals surface area contributed by atoms with E-state index >= 15 is 0 Å². The number of dihydropyridines is 1. The fraction of sp³-hybridized carbons (Fsp3) is 0.200. The monoisotopic (exact) mass is 277 g/mol. The first-order valence-corrected chi connectivity index (χ1v) is 5.94. The molecule has 0 saturated carbocycles. The van der Waals surface area contributed by atoms with E-state index < -0.39 is 12.5 Å².